The second kappa shape index (κ2) is 9.63. The van der Waals surface area contributed by atoms with Crippen molar-refractivity contribution in [1.82, 2.24) is 9.80 Å². The average Bonchev–Trinajstić information content (AvgIpc) is 3.62. The lowest BCUT2D eigenvalue weighted by Crippen LogP contribution is -2.47. The number of methoxy groups -OCH3 is 1. The highest BCUT2D eigenvalue weighted by molar-refractivity contribution is 7.10. The molecule has 2 heterocycles. The van der Waals surface area contributed by atoms with Gasteiger partial charge in [-0.2, -0.15) is 0 Å². The molecule has 2 amide bonds. The Morgan fingerprint density at radius 1 is 1.06 bits per heavy atom. The minimum atomic E-state index is -0.145. The molecule has 1 fully saturated rings. The van der Waals surface area contributed by atoms with Gasteiger partial charge in [0.25, 0.3) is 5.91 Å². The van der Waals surface area contributed by atoms with Crippen LogP contribution in [0.4, 0.5) is 0 Å². The number of ether oxygens (including phenoxy) is 1. The molecule has 176 valence electrons. The first kappa shape index (κ1) is 22.7. The molecule has 1 aromatic heterocycles. The summed E-state index contributed by atoms with van der Waals surface area (Å²) in [6.45, 7) is 2.87. The van der Waals surface area contributed by atoms with E-state index in [0.717, 1.165) is 37.0 Å². The molecule has 0 N–H and O–H groups in total. The predicted molar refractivity (Wildman–Crippen MR) is 134 cm³/mol. The molecule has 1 saturated carbocycles. The summed E-state index contributed by atoms with van der Waals surface area (Å²) in [6.07, 6.45) is 3.71. The van der Waals surface area contributed by atoms with Crippen LogP contribution in [0.1, 0.15) is 57.7 Å². The maximum Gasteiger partial charge on any atom is 0.254 e. The van der Waals surface area contributed by atoms with Crippen LogP contribution < -0.4 is 4.74 Å². The van der Waals surface area contributed by atoms with Gasteiger partial charge >= 0.3 is 0 Å². The fraction of sp³-hybridized carbons (Fsp3) is 0.357. The Hall–Kier alpha value is -3.12. The first-order valence-electron chi connectivity index (χ1n) is 12.0. The number of carbonyl (C=O) groups is 2. The third kappa shape index (κ3) is 4.47. The maximum absolute atomic E-state index is 13.7. The van der Waals surface area contributed by atoms with E-state index in [9.17, 15) is 9.59 Å². The molecule has 6 heteroatoms. The number of hydrogen-bond donors (Lipinski definition) is 0. The second-order valence-corrected chi connectivity index (χ2v) is 10.0. The van der Waals surface area contributed by atoms with E-state index in [4.69, 9.17) is 4.74 Å². The Kier molecular flexibility index (Phi) is 6.42. The number of thiophene rings is 1. The molecule has 0 radical (unpaired) electrons. The molecule has 1 unspecified atom stereocenters. The highest BCUT2D eigenvalue weighted by Gasteiger charge is 2.38. The smallest absolute Gasteiger partial charge is 0.254 e. The van der Waals surface area contributed by atoms with Crippen molar-refractivity contribution in [2.45, 2.75) is 44.7 Å². The summed E-state index contributed by atoms with van der Waals surface area (Å²) < 4.78 is 5.33. The van der Waals surface area contributed by atoms with Crippen molar-refractivity contribution >= 4 is 23.2 Å². The normalized spacial score (nSPS) is 17.2. The van der Waals surface area contributed by atoms with Crippen LogP contribution >= 0.6 is 11.3 Å². The Bertz CT molecular complexity index is 1170. The fourth-order valence-corrected chi connectivity index (χ4v) is 5.67. The molecule has 5 nitrogen and oxygen atoms in total. The Morgan fingerprint density at radius 3 is 2.44 bits per heavy atom. The van der Waals surface area contributed by atoms with Crippen molar-refractivity contribution in [2.75, 3.05) is 20.2 Å². The molecule has 1 aliphatic heterocycles. The minimum absolute atomic E-state index is 0.00287. The quantitative estimate of drug-likeness (QED) is 0.479. The van der Waals surface area contributed by atoms with Crippen LogP contribution in [0.25, 0.3) is 0 Å². The first-order valence-corrected chi connectivity index (χ1v) is 12.9. The number of benzene rings is 2. The van der Waals surface area contributed by atoms with Gasteiger partial charge in [-0.25, -0.2) is 0 Å². The van der Waals surface area contributed by atoms with Crippen LogP contribution in [0.3, 0.4) is 0 Å². The van der Waals surface area contributed by atoms with Crippen LogP contribution in [0.5, 0.6) is 5.75 Å². The van der Waals surface area contributed by atoms with Gasteiger partial charge in [0.2, 0.25) is 5.91 Å². The van der Waals surface area contributed by atoms with E-state index in [1.807, 2.05) is 53.4 Å². The molecule has 2 aromatic carbocycles. The Morgan fingerprint density at radius 2 is 1.79 bits per heavy atom. The van der Waals surface area contributed by atoms with Gasteiger partial charge in [0.1, 0.15) is 12.3 Å². The number of carbonyl (C=O) groups excluding carboxylic acids is 2. The number of aryl methyl sites for hydroxylation is 1. The average molecular weight is 475 g/mol. The zero-order valence-corrected chi connectivity index (χ0v) is 20.5. The van der Waals surface area contributed by atoms with Gasteiger partial charge in [0.15, 0.2) is 0 Å². The van der Waals surface area contributed by atoms with Crippen LogP contribution in [0.15, 0.2) is 60.0 Å². The van der Waals surface area contributed by atoms with E-state index in [2.05, 4.69) is 18.4 Å². The predicted octanol–water partition coefficient (Wildman–Crippen LogP) is 5.10. The molecule has 1 atom stereocenters. The van der Waals surface area contributed by atoms with E-state index in [-0.39, 0.29) is 30.4 Å². The van der Waals surface area contributed by atoms with Crippen molar-refractivity contribution in [3.8, 4) is 5.75 Å². The summed E-state index contributed by atoms with van der Waals surface area (Å²) in [4.78, 5) is 32.2. The second-order valence-electron chi connectivity index (χ2n) is 9.03. The number of fused-ring (bicyclic) bond motifs is 1. The lowest BCUT2D eigenvalue weighted by Gasteiger charge is -2.37. The van der Waals surface area contributed by atoms with Crippen molar-refractivity contribution in [2.24, 2.45) is 0 Å². The van der Waals surface area contributed by atoms with Gasteiger partial charge in [-0.1, -0.05) is 31.2 Å². The number of amides is 2. The van der Waals surface area contributed by atoms with E-state index >= 15 is 0 Å². The monoisotopic (exact) mass is 474 g/mol. The van der Waals surface area contributed by atoms with Crippen molar-refractivity contribution in [3.05, 3.63) is 87.1 Å². The zero-order chi connectivity index (χ0) is 23.7. The summed E-state index contributed by atoms with van der Waals surface area (Å²) in [7, 11) is 1.65. The van der Waals surface area contributed by atoms with Gasteiger partial charge in [-0.3, -0.25) is 9.59 Å². The molecule has 3 aromatic rings. The van der Waals surface area contributed by atoms with Crippen molar-refractivity contribution in [1.29, 1.82) is 0 Å². The molecular formula is C28H30N2O3S. The first-order chi connectivity index (χ1) is 16.6. The number of rotatable bonds is 7. The topological polar surface area (TPSA) is 49.9 Å². The van der Waals surface area contributed by atoms with E-state index < -0.39 is 0 Å². The maximum atomic E-state index is 13.7. The molecular weight excluding hydrogens is 444 g/mol. The Balaban J connectivity index is 1.40. The van der Waals surface area contributed by atoms with Crippen LogP contribution in [0.2, 0.25) is 0 Å². The van der Waals surface area contributed by atoms with Gasteiger partial charge in [0, 0.05) is 23.0 Å². The minimum Gasteiger partial charge on any atom is -0.497 e. The third-order valence-corrected chi connectivity index (χ3v) is 7.88. The largest absolute Gasteiger partial charge is 0.497 e. The van der Waals surface area contributed by atoms with Gasteiger partial charge in [-0.05, 0) is 78.1 Å². The molecule has 2 aliphatic rings. The molecule has 1 aliphatic carbocycles. The highest BCUT2D eigenvalue weighted by Crippen LogP contribution is 2.39. The van der Waals surface area contributed by atoms with E-state index in [1.54, 1.807) is 23.3 Å². The van der Waals surface area contributed by atoms with E-state index in [0.29, 0.717) is 12.1 Å². The van der Waals surface area contributed by atoms with Gasteiger partial charge in [0.05, 0.1) is 13.2 Å². The van der Waals surface area contributed by atoms with Crippen molar-refractivity contribution < 1.29 is 14.3 Å². The number of hydrogen-bond acceptors (Lipinski definition) is 4. The Labute approximate surface area is 205 Å². The van der Waals surface area contributed by atoms with E-state index in [1.165, 1.54) is 16.0 Å². The summed E-state index contributed by atoms with van der Waals surface area (Å²) in [6, 6.07) is 17.9. The summed E-state index contributed by atoms with van der Waals surface area (Å²) >= 11 is 1.75. The fourth-order valence-electron chi connectivity index (χ4n) is 4.77. The lowest BCUT2D eigenvalue weighted by atomic mass is 9.93. The SMILES string of the molecule is CCc1ccc(C(=O)N(CC(=O)N2CCc3sccc3C2c2ccc(OC)cc2)C2CC2)cc1. The third-order valence-electron chi connectivity index (χ3n) is 6.88. The highest BCUT2D eigenvalue weighted by atomic mass is 32.1. The molecule has 5 rings (SSSR count). The van der Waals surface area contributed by atoms with Crippen molar-refractivity contribution in [3.63, 3.8) is 0 Å². The van der Waals surface area contributed by atoms with Crippen LogP contribution in [0, 0.1) is 0 Å². The van der Waals surface area contributed by atoms with Crippen LogP contribution in [-0.4, -0.2) is 47.9 Å². The van der Waals surface area contributed by atoms with Gasteiger partial charge in [-0.15, -0.1) is 11.3 Å². The number of nitrogens with zero attached hydrogens (tertiary/aromatic N) is 2. The summed E-state index contributed by atoms with van der Waals surface area (Å²) in [5.41, 5.74) is 4.11. The van der Waals surface area contributed by atoms with Crippen LogP contribution in [-0.2, 0) is 17.6 Å². The summed E-state index contributed by atoms with van der Waals surface area (Å²) in [5, 5.41) is 2.11. The molecule has 34 heavy (non-hydrogen) atoms. The standard InChI is InChI=1S/C28H30N2O3S/c1-3-19-4-6-21(7-5-19)28(32)30(22-10-11-22)18-26(31)29-16-14-25-24(15-17-34-25)27(29)20-8-12-23(33-2)13-9-20/h4-9,12-13,15,17,22,27H,3,10-11,14,16,18H2,1-2H3. The molecule has 0 saturated heterocycles. The summed E-state index contributed by atoms with van der Waals surface area (Å²) in [5.74, 6) is 0.749. The lowest BCUT2D eigenvalue weighted by molar-refractivity contribution is -0.134. The molecule has 0 bridgehead atoms. The molecule has 0 spiro atoms. The zero-order valence-electron chi connectivity index (χ0n) is 19.7. The van der Waals surface area contributed by atoms with Gasteiger partial charge < -0.3 is 14.5 Å².